The van der Waals surface area contributed by atoms with E-state index in [0.29, 0.717) is 23.0 Å². The summed E-state index contributed by atoms with van der Waals surface area (Å²) in [6.45, 7) is 0. The molecule has 0 aromatic heterocycles. The molecule has 0 atom stereocenters. The Labute approximate surface area is 101 Å². The van der Waals surface area contributed by atoms with Gasteiger partial charge in [-0.2, -0.15) is 0 Å². The van der Waals surface area contributed by atoms with Crippen LogP contribution in [0.1, 0.15) is 0 Å². The van der Waals surface area contributed by atoms with Crippen LogP contribution in [0.25, 0.3) is 0 Å². The maximum absolute atomic E-state index is 5.74. The topological polar surface area (TPSA) is 27.7 Å². The van der Waals surface area contributed by atoms with Crippen LogP contribution in [0.5, 0.6) is 23.0 Å². The Morgan fingerprint density at radius 3 is 2.18 bits per heavy atom. The van der Waals surface area contributed by atoms with Crippen molar-refractivity contribution >= 4 is 0 Å². The number of hydrogen-bond donors (Lipinski definition) is 0. The van der Waals surface area contributed by atoms with E-state index in [4.69, 9.17) is 14.2 Å². The number of methoxy groups -OCH3 is 2. The SMILES string of the molecule is COc1cccc(OC)c1Oc1c[c]ccc1. The Morgan fingerprint density at radius 2 is 1.65 bits per heavy atom. The maximum Gasteiger partial charge on any atom is 0.210 e. The second kappa shape index (κ2) is 5.25. The molecule has 3 nitrogen and oxygen atoms in total. The van der Waals surface area contributed by atoms with Crippen LogP contribution in [0.3, 0.4) is 0 Å². The molecule has 0 saturated carbocycles. The predicted octanol–water partition coefficient (Wildman–Crippen LogP) is 3.30. The van der Waals surface area contributed by atoms with Crippen molar-refractivity contribution in [3.63, 3.8) is 0 Å². The minimum absolute atomic E-state index is 0.567. The third-order valence-electron chi connectivity index (χ3n) is 2.28. The first-order valence-electron chi connectivity index (χ1n) is 5.20. The second-order valence-corrected chi connectivity index (χ2v) is 3.33. The number of para-hydroxylation sites is 1. The van der Waals surface area contributed by atoms with Gasteiger partial charge in [-0.1, -0.05) is 18.2 Å². The lowest BCUT2D eigenvalue weighted by Crippen LogP contribution is -1.94. The molecule has 0 unspecified atom stereocenters. The lowest BCUT2D eigenvalue weighted by molar-refractivity contribution is 0.346. The van der Waals surface area contributed by atoms with Gasteiger partial charge in [0.05, 0.1) is 14.2 Å². The molecule has 2 aromatic carbocycles. The summed E-state index contributed by atoms with van der Waals surface area (Å²) >= 11 is 0. The predicted molar refractivity (Wildman–Crippen MR) is 64.9 cm³/mol. The van der Waals surface area contributed by atoms with Gasteiger partial charge in [-0.25, -0.2) is 0 Å². The van der Waals surface area contributed by atoms with E-state index >= 15 is 0 Å². The van der Waals surface area contributed by atoms with E-state index in [1.54, 1.807) is 20.3 Å². The fourth-order valence-corrected chi connectivity index (χ4v) is 1.48. The number of hydrogen-bond acceptors (Lipinski definition) is 3. The number of ether oxygens (including phenoxy) is 3. The van der Waals surface area contributed by atoms with Crippen LogP contribution in [-0.2, 0) is 0 Å². The average molecular weight is 229 g/mol. The van der Waals surface area contributed by atoms with Crippen molar-refractivity contribution in [3.8, 4) is 23.0 Å². The largest absolute Gasteiger partial charge is 0.493 e. The van der Waals surface area contributed by atoms with Crippen LogP contribution in [0.2, 0.25) is 0 Å². The molecule has 2 aromatic rings. The molecule has 0 aliphatic rings. The second-order valence-electron chi connectivity index (χ2n) is 3.33. The van der Waals surface area contributed by atoms with Crippen LogP contribution in [0.4, 0.5) is 0 Å². The molecule has 17 heavy (non-hydrogen) atoms. The van der Waals surface area contributed by atoms with Gasteiger partial charge in [0.15, 0.2) is 11.5 Å². The van der Waals surface area contributed by atoms with E-state index in [-0.39, 0.29) is 0 Å². The molecule has 0 aliphatic carbocycles. The number of benzene rings is 2. The van der Waals surface area contributed by atoms with Crippen LogP contribution in [0, 0.1) is 6.07 Å². The van der Waals surface area contributed by atoms with Crippen molar-refractivity contribution in [2.24, 2.45) is 0 Å². The molecule has 3 heteroatoms. The van der Waals surface area contributed by atoms with Crippen molar-refractivity contribution in [2.45, 2.75) is 0 Å². The summed E-state index contributed by atoms with van der Waals surface area (Å²) in [5.74, 6) is 2.52. The van der Waals surface area contributed by atoms with Crippen LogP contribution < -0.4 is 14.2 Å². The Bertz CT molecular complexity index is 458. The Morgan fingerprint density at radius 1 is 0.941 bits per heavy atom. The van der Waals surface area contributed by atoms with Gasteiger partial charge in [-0.05, 0) is 30.3 Å². The summed E-state index contributed by atoms with van der Waals surface area (Å²) in [6, 6.07) is 15.7. The highest BCUT2D eigenvalue weighted by Gasteiger charge is 2.11. The summed E-state index contributed by atoms with van der Waals surface area (Å²) in [6.07, 6.45) is 0. The zero-order chi connectivity index (χ0) is 12.1. The molecule has 0 fully saturated rings. The van der Waals surface area contributed by atoms with Gasteiger partial charge < -0.3 is 14.2 Å². The smallest absolute Gasteiger partial charge is 0.210 e. The van der Waals surface area contributed by atoms with E-state index in [1.807, 2.05) is 36.4 Å². The summed E-state index contributed by atoms with van der Waals surface area (Å²) in [7, 11) is 3.19. The minimum Gasteiger partial charge on any atom is -0.493 e. The summed E-state index contributed by atoms with van der Waals surface area (Å²) in [5, 5.41) is 0. The van der Waals surface area contributed by atoms with Crippen LogP contribution in [0.15, 0.2) is 42.5 Å². The molecular formula is C14H13O3. The minimum atomic E-state index is 0.567. The van der Waals surface area contributed by atoms with E-state index in [1.165, 1.54) is 0 Å². The van der Waals surface area contributed by atoms with Gasteiger partial charge in [0, 0.05) is 0 Å². The number of rotatable bonds is 4. The van der Waals surface area contributed by atoms with Crippen molar-refractivity contribution in [1.29, 1.82) is 0 Å². The normalized spacial score (nSPS) is 9.76. The standard InChI is InChI=1S/C14H13O3/c1-15-12-9-6-10-13(16-2)14(12)17-11-7-4-3-5-8-11/h3-4,6-10H,1-2H3. The zero-order valence-electron chi connectivity index (χ0n) is 9.77. The molecular weight excluding hydrogens is 216 g/mol. The molecule has 0 spiro atoms. The fraction of sp³-hybridized carbons (Fsp3) is 0.143. The third-order valence-corrected chi connectivity index (χ3v) is 2.28. The molecule has 87 valence electrons. The van der Waals surface area contributed by atoms with Gasteiger partial charge in [0.25, 0.3) is 0 Å². The van der Waals surface area contributed by atoms with E-state index in [0.717, 1.165) is 0 Å². The van der Waals surface area contributed by atoms with Crippen molar-refractivity contribution in [1.82, 2.24) is 0 Å². The highest BCUT2D eigenvalue weighted by Crippen LogP contribution is 2.39. The van der Waals surface area contributed by atoms with Crippen molar-refractivity contribution in [2.75, 3.05) is 14.2 Å². The van der Waals surface area contributed by atoms with Gasteiger partial charge in [-0.15, -0.1) is 0 Å². The third kappa shape index (κ3) is 2.50. The molecule has 0 amide bonds. The van der Waals surface area contributed by atoms with Crippen molar-refractivity contribution < 1.29 is 14.2 Å². The van der Waals surface area contributed by atoms with E-state index in [2.05, 4.69) is 6.07 Å². The van der Waals surface area contributed by atoms with E-state index < -0.39 is 0 Å². The first-order chi connectivity index (χ1) is 8.35. The monoisotopic (exact) mass is 229 g/mol. The Hall–Kier alpha value is -2.16. The summed E-state index contributed by atoms with van der Waals surface area (Å²) in [4.78, 5) is 0. The van der Waals surface area contributed by atoms with Gasteiger partial charge in [0.1, 0.15) is 5.75 Å². The summed E-state index contributed by atoms with van der Waals surface area (Å²) in [5.41, 5.74) is 0. The lowest BCUT2D eigenvalue weighted by Gasteiger charge is -2.13. The zero-order valence-corrected chi connectivity index (χ0v) is 9.77. The quantitative estimate of drug-likeness (QED) is 0.805. The summed E-state index contributed by atoms with van der Waals surface area (Å²) < 4.78 is 16.2. The molecule has 0 saturated heterocycles. The highest BCUT2D eigenvalue weighted by atomic mass is 16.5. The molecule has 0 aliphatic heterocycles. The lowest BCUT2D eigenvalue weighted by atomic mass is 10.3. The molecule has 2 rings (SSSR count). The fourth-order valence-electron chi connectivity index (χ4n) is 1.48. The molecule has 1 radical (unpaired) electrons. The van der Waals surface area contributed by atoms with Gasteiger partial charge in [-0.3, -0.25) is 0 Å². The van der Waals surface area contributed by atoms with Crippen LogP contribution >= 0.6 is 0 Å². The van der Waals surface area contributed by atoms with Gasteiger partial charge in [0.2, 0.25) is 5.75 Å². The van der Waals surface area contributed by atoms with Gasteiger partial charge >= 0.3 is 0 Å². The Balaban J connectivity index is 2.37. The molecule has 0 N–H and O–H groups in total. The first kappa shape index (κ1) is 11.3. The first-order valence-corrected chi connectivity index (χ1v) is 5.20. The van der Waals surface area contributed by atoms with E-state index in [9.17, 15) is 0 Å². The molecule has 0 bridgehead atoms. The molecule has 0 heterocycles. The Kier molecular flexibility index (Phi) is 3.50. The maximum atomic E-state index is 5.74. The van der Waals surface area contributed by atoms with Crippen LogP contribution in [-0.4, -0.2) is 14.2 Å². The average Bonchev–Trinajstić information content (AvgIpc) is 2.40. The van der Waals surface area contributed by atoms with Crippen molar-refractivity contribution in [3.05, 3.63) is 48.5 Å². The highest BCUT2D eigenvalue weighted by molar-refractivity contribution is 5.52.